The fourth-order valence-corrected chi connectivity index (χ4v) is 16.9. The molecule has 594 valence electrons. The molecular weight excluding hydrogens is 1500 g/mol. The number of benzene rings is 14. The van der Waals surface area contributed by atoms with Crippen molar-refractivity contribution >= 4 is 28.7 Å². The van der Waals surface area contributed by atoms with Crippen LogP contribution in [0.2, 0.25) is 5.02 Å². The zero-order chi connectivity index (χ0) is 79.1. The third kappa shape index (κ3) is 18.1. The Morgan fingerprint density at radius 2 is 0.512 bits per heavy atom. The van der Waals surface area contributed by atoms with E-state index in [1.54, 1.807) is 0 Å². The van der Waals surface area contributed by atoms with E-state index in [9.17, 15) is 0 Å². The Morgan fingerprint density at radius 1 is 0.223 bits per heavy atom. The second-order valence-corrected chi connectivity index (χ2v) is 31.2. The van der Waals surface area contributed by atoms with Crippen LogP contribution in [-0.4, -0.2) is 44.9 Å². The van der Waals surface area contributed by atoms with Crippen molar-refractivity contribution in [1.82, 2.24) is 44.9 Å². The van der Waals surface area contributed by atoms with Crippen molar-refractivity contribution in [2.75, 3.05) is 11.1 Å². The predicted molar refractivity (Wildman–Crippen MR) is 500 cm³/mol. The topological polar surface area (TPSA) is 154 Å². The van der Waals surface area contributed by atoms with Crippen molar-refractivity contribution in [2.45, 2.75) is 106 Å². The number of aromatic nitrogens is 9. The van der Waals surface area contributed by atoms with Crippen LogP contribution < -0.4 is 11.1 Å². The highest BCUT2D eigenvalue weighted by Gasteiger charge is 2.27. The Morgan fingerprint density at radius 3 is 0.917 bits per heavy atom. The summed E-state index contributed by atoms with van der Waals surface area (Å²) in [6.45, 7) is 0. The molecule has 3 heterocycles. The Labute approximate surface area is 715 Å². The normalized spacial score (nSPS) is 12.6. The summed E-state index contributed by atoms with van der Waals surface area (Å²) in [5.41, 5.74) is 39.9. The van der Waals surface area contributed by atoms with E-state index in [4.69, 9.17) is 62.2 Å². The molecule has 12 heteroatoms. The lowest BCUT2D eigenvalue weighted by Crippen LogP contribution is -2.06. The van der Waals surface area contributed by atoms with E-state index >= 15 is 0 Å². The number of rotatable bonds is 11. The molecule has 11 nitrogen and oxygen atoms in total. The van der Waals surface area contributed by atoms with Gasteiger partial charge in [-0.25, -0.2) is 44.9 Å². The molecule has 17 aromatic rings. The number of hydrogen-bond donors (Lipinski definition) is 2. The largest absolute Gasteiger partial charge is 0.398 e. The van der Waals surface area contributed by atoms with Gasteiger partial charge in [0.25, 0.3) is 0 Å². The lowest BCUT2D eigenvalue weighted by molar-refractivity contribution is 0.910. The number of nitrogens with one attached hydrogen (secondary N) is 1. The maximum absolute atomic E-state index is 6.49. The van der Waals surface area contributed by atoms with E-state index in [-0.39, 0.29) is 22.3 Å². The maximum Gasteiger partial charge on any atom is 0.164 e. The van der Waals surface area contributed by atoms with Gasteiger partial charge >= 0.3 is 0 Å². The number of aryl methyl sites for hydroxylation is 12. The molecule has 14 aromatic carbocycles. The number of hydrogen-bond acceptors (Lipinski definition) is 11. The van der Waals surface area contributed by atoms with Crippen LogP contribution in [0.25, 0.3) is 114 Å². The first-order valence-corrected chi connectivity index (χ1v) is 41.3. The molecule has 0 saturated carbocycles. The molecule has 13 aliphatic rings. The Bertz CT molecular complexity index is 6350. The summed E-state index contributed by atoms with van der Waals surface area (Å²) in [5.74, 6) is 6.34. The van der Waals surface area contributed by atoms with Gasteiger partial charge in [0.05, 0.1) is 10.7 Å². The quantitative estimate of drug-likeness (QED) is 0.119. The Hall–Kier alpha value is -14.0. The van der Waals surface area contributed by atoms with Gasteiger partial charge in [-0.05, 0) is 215 Å². The molecular formula is C109H96ClN11. The highest BCUT2D eigenvalue weighted by Crippen LogP contribution is 2.43. The van der Waals surface area contributed by atoms with Crippen LogP contribution >= 0.6 is 11.6 Å². The summed E-state index contributed by atoms with van der Waals surface area (Å²) < 4.78 is 0. The first kappa shape index (κ1) is 80.8. The summed E-state index contributed by atoms with van der Waals surface area (Å²) in [4.78, 5) is 44.8. The summed E-state index contributed by atoms with van der Waals surface area (Å²) >= 11 is 6.49. The van der Waals surface area contributed by atoms with E-state index in [1.165, 1.54) is 89.0 Å². The minimum atomic E-state index is 0. The van der Waals surface area contributed by atoms with E-state index in [1.807, 2.05) is 158 Å². The van der Waals surface area contributed by atoms with Gasteiger partial charge in [0, 0.05) is 61.4 Å². The molecule has 0 unspecified atom stereocenters. The molecule has 0 saturated heterocycles. The molecule has 3 N–H and O–H groups in total. The number of nitrogens with zero attached hydrogens (tertiary/aromatic N) is 9. The number of para-hydroxylation sites is 1. The first-order valence-electron chi connectivity index (χ1n) is 40.9. The lowest BCUT2D eigenvalue weighted by Gasteiger charge is -2.18. The third-order valence-electron chi connectivity index (χ3n) is 23.1. The van der Waals surface area contributed by atoms with Gasteiger partial charge < -0.3 is 11.1 Å². The SMILES string of the molecule is C.C.C.Clc1ccccc1Nc1cc2ccc1CCc1ccc(c(-c3nc(-c4ccccc4)nc(-c4ccccc4)n3)c1)CC2.Nc1cc2ccc1CCc1ccc(c(-c3nc(-c4ccccc4)nc(-c4ccccc4)n3)c1)CC2.c1ccc(-c2nc(-c3ccccc3)nc(-c3cc4ccc3CCc3ccc(c5c3-c3ccccc3C5)CC4)n2)cc1. The van der Waals surface area contributed by atoms with Crippen molar-refractivity contribution in [3.8, 4) is 114 Å². The van der Waals surface area contributed by atoms with Gasteiger partial charge in [-0.1, -0.05) is 325 Å². The van der Waals surface area contributed by atoms with Gasteiger partial charge in [0.1, 0.15) is 0 Å². The highest BCUT2D eigenvalue weighted by molar-refractivity contribution is 6.33. The number of halogens is 1. The van der Waals surface area contributed by atoms with Gasteiger partial charge in [0.2, 0.25) is 0 Å². The molecule has 12 bridgehead atoms. The average molecular weight is 1600 g/mol. The predicted octanol–water partition coefficient (Wildman–Crippen LogP) is 25.7. The van der Waals surface area contributed by atoms with Crippen molar-refractivity contribution in [3.63, 3.8) is 0 Å². The summed E-state index contributed by atoms with van der Waals surface area (Å²) in [6, 6.07) is 116. The van der Waals surface area contributed by atoms with Gasteiger partial charge in [-0.15, -0.1) is 0 Å². The summed E-state index contributed by atoms with van der Waals surface area (Å²) in [5, 5.41) is 4.32. The van der Waals surface area contributed by atoms with Crippen LogP contribution in [-0.2, 0) is 83.5 Å². The van der Waals surface area contributed by atoms with Crippen LogP contribution in [0.1, 0.15) is 100 Å². The maximum atomic E-state index is 6.49. The highest BCUT2D eigenvalue weighted by atomic mass is 35.5. The number of anilines is 3. The third-order valence-corrected chi connectivity index (χ3v) is 23.4. The average Bonchev–Trinajstić information content (AvgIpc) is 1.60. The molecule has 13 aliphatic carbocycles. The number of nitrogens with two attached hydrogens (primary N) is 1. The molecule has 3 aromatic heterocycles. The number of nitrogen functional groups attached to an aromatic ring is 1. The lowest BCUT2D eigenvalue weighted by atomic mass is 9.87. The minimum absolute atomic E-state index is 0. The molecule has 0 radical (unpaired) electrons. The van der Waals surface area contributed by atoms with Crippen LogP contribution in [0.3, 0.4) is 0 Å². The number of fused-ring (bicyclic) bond motifs is 1. The molecule has 0 spiro atoms. The van der Waals surface area contributed by atoms with Crippen molar-refractivity contribution in [2.24, 2.45) is 0 Å². The van der Waals surface area contributed by atoms with Crippen molar-refractivity contribution in [1.29, 1.82) is 0 Å². The van der Waals surface area contributed by atoms with E-state index in [0.717, 1.165) is 167 Å². The first-order chi connectivity index (χ1) is 58.2. The second-order valence-electron chi connectivity index (χ2n) is 30.8. The second kappa shape index (κ2) is 36.9. The van der Waals surface area contributed by atoms with E-state index in [2.05, 4.69) is 181 Å². The van der Waals surface area contributed by atoms with Gasteiger partial charge in [-0.3, -0.25) is 0 Å². The Balaban J connectivity index is 0.000000134. The van der Waals surface area contributed by atoms with Crippen LogP contribution in [0, 0.1) is 0 Å². The summed E-state index contributed by atoms with van der Waals surface area (Å²) in [6.07, 6.45) is 12.1. The van der Waals surface area contributed by atoms with Gasteiger partial charge in [0.15, 0.2) is 52.4 Å². The van der Waals surface area contributed by atoms with Gasteiger partial charge in [-0.2, -0.15) is 0 Å². The molecule has 0 fully saturated rings. The van der Waals surface area contributed by atoms with E-state index in [0.29, 0.717) is 40.8 Å². The zero-order valence-corrected chi connectivity index (χ0v) is 66.2. The standard InChI is InChI=1S/C38H29N3.C37H29ClN4.C31H26N4.3CH4/c1-3-9-29(10-4-1)36-39-37(30-11-5-2-6-12-30)41-38(40-36)34-23-25-15-17-26-19-21-28(22-20-27(34)18-16-25)35-32-14-8-7-13-31(32)24-33(26)35;38-32-13-7-8-14-33(32)39-34-24-26-16-20-27-19-15-25(17-21-28(34)22-18-26)23-31(27)37-41-35(29-9-3-1-4-10-29)40-36(42-37)30-11-5-2-6-12-30;32-28-20-22-12-16-23-15-11-21(13-17-24(28)18-14-22)19-27(23)31-34-29(25-7-3-1-4-8-25)33-30(35-31)26-9-5-2-6-10-26;;;/h1-14,16,18-19,21,23H,15,17,20,22,24H2;1-15,18-19,22-24,39H,16-17,20-21H2;1-11,14-15,18-20H,12-13,16-17,32H2;3*1H4. The van der Waals surface area contributed by atoms with Crippen LogP contribution in [0.15, 0.2) is 334 Å². The summed E-state index contributed by atoms with van der Waals surface area (Å²) in [7, 11) is 0. The molecule has 30 rings (SSSR count). The molecule has 0 amide bonds. The fourth-order valence-electron chi connectivity index (χ4n) is 16.7. The van der Waals surface area contributed by atoms with Crippen molar-refractivity contribution in [3.05, 3.63) is 417 Å². The smallest absolute Gasteiger partial charge is 0.164 e. The molecule has 121 heavy (non-hydrogen) atoms. The zero-order valence-electron chi connectivity index (χ0n) is 65.4. The van der Waals surface area contributed by atoms with Crippen LogP contribution in [0.4, 0.5) is 17.1 Å². The molecule has 0 aliphatic heterocycles. The fraction of sp³-hybridized carbons (Fsp3) is 0.147. The molecule has 0 atom stereocenters. The Kier molecular flexibility index (Phi) is 24.6. The van der Waals surface area contributed by atoms with Crippen LogP contribution in [0.5, 0.6) is 0 Å². The monoisotopic (exact) mass is 1590 g/mol. The van der Waals surface area contributed by atoms with Crippen molar-refractivity contribution < 1.29 is 0 Å². The minimum Gasteiger partial charge on any atom is -0.398 e. The van der Waals surface area contributed by atoms with E-state index < -0.39 is 0 Å².